The van der Waals surface area contributed by atoms with E-state index in [1.54, 1.807) is 0 Å². The molecule has 0 aromatic heterocycles. The third kappa shape index (κ3) is 3.00. The van der Waals surface area contributed by atoms with Crippen molar-refractivity contribution >= 4 is 15.9 Å². The molecule has 0 aliphatic carbocycles. The molecule has 1 fully saturated rings. The first kappa shape index (κ1) is 15.0. The summed E-state index contributed by atoms with van der Waals surface area (Å²) in [6.07, 6.45) is 0.704. The molecule has 1 heterocycles. The lowest BCUT2D eigenvalue weighted by Crippen LogP contribution is -2.45. The van der Waals surface area contributed by atoms with Crippen LogP contribution < -0.4 is 5.73 Å². The second-order valence-corrected chi connectivity index (χ2v) is 6.59. The zero-order valence-corrected chi connectivity index (χ0v) is 12.1. The van der Waals surface area contributed by atoms with Crippen LogP contribution in [0.25, 0.3) is 0 Å². The largest absolute Gasteiger partial charge is 0.375 e. The first-order valence-electron chi connectivity index (χ1n) is 6.46. The lowest BCUT2D eigenvalue weighted by molar-refractivity contribution is -0.00277. The normalized spacial score (nSPS) is 20.8. The van der Waals surface area contributed by atoms with Gasteiger partial charge >= 0.3 is 0 Å². The maximum atomic E-state index is 12.5. The number of sulfonamides is 1. The summed E-state index contributed by atoms with van der Waals surface area (Å²) in [5.41, 5.74) is 5.43. The van der Waals surface area contributed by atoms with E-state index in [9.17, 15) is 13.2 Å². The lowest BCUT2D eigenvalue weighted by Gasteiger charge is -2.31. The van der Waals surface area contributed by atoms with Crippen molar-refractivity contribution in [1.82, 2.24) is 4.31 Å². The van der Waals surface area contributed by atoms with Gasteiger partial charge in [0.2, 0.25) is 15.9 Å². The zero-order valence-electron chi connectivity index (χ0n) is 11.3. The molecule has 0 radical (unpaired) electrons. The zero-order chi connectivity index (χ0) is 14.8. The third-order valence-corrected chi connectivity index (χ3v) is 5.21. The molecule has 7 heteroatoms. The Morgan fingerprint density at radius 2 is 2.05 bits per heavy atom. The van der Waals surface area contributed by atoms with Crippen LogP contribution in [-0.4, -0.2) is 44.4 Å². The number of rotatable bonds is 4. The Balaban J connectivity index is 2.23. The van der Waals surface area contributed by atoms with E-state index in [0.717, 1.165) is 6.42 Å². The summed E-state index contributed by atoms with van der Waals surface area (Å²) in [4.78, 5) is 11.2. The van der Waals surface area contributed by atoms with Gasteiger partial charge < -0.3 is 10.5 Å². The summed E-state index contributed by atoms with van der Waals surface area (Å²) in [6, 6.07) is 5.66. The summed E-state index contributed by atoms with van der Waals surface area (Å²) in [6.45, 7) is 3.06. The number of benzene rings is 1. The predicted octanol–water partition coefficient (Wildman–Crippen LogP) is 0.585. The number of ether oxygens (including phenoxy) is 1. The maximum absolute atomic E-state index is 12.5. The van der Waals surface area contributed by atoms with Gasteiger partial charge in [0.15, 0.2) is 0 Å². The molecule has 2 rings (SSSR count). The summed E-state index contributed by atoms with van der Waals surface area (Å²) in [7, 11) is -3.55. The average Bonchev–Trinajstić information content (AvgIpc) is 2.47. The van der Waals surface area contributed by atoms with Gasteiger partial charge in [-0.05, 0) is 30.7 Å². The van der Waals surface area contributed by atoms with Crippen molar-refractivity contribution in [2.45, 2.75) is 24.3 Å². The van der Waals surface area contributed by atoms with E-state index in [1.165, 1.54) is 28.6 Å². The van der Waals surface area contributed by atoms with Crippen LogP contribution in [0.5, 0.6) is 0 Å². The van der Waals surface area contributed by atoms with Crippen LogP contribution in [0.4, 0.5) is 0 Å². The number of carbonyl (C=O) groups is 1. The van der Waals surface area contributed by atoms with E-state index in [4.69, 9.17) is 10.5 Å². The Morgan fingerprint density at radius 1 is 1.40 bits per heavy atom. The summed E-state index contributed by atoms with van der Waals surface area (Å²) in [5, 5.41) is 0. The highest BCUT2D eigenvalue weighted by Crippen LogP contribution is 2.20. The molecule has 2 N–H and O–H groups in total. The third-order valence-electron chi connectivity index (χ3n) is 3.33. The molecular formula is C13H18N2O4S. The van der Waals surface area contributed by atoms with E-state index in [2.05, 4.69) is 0 Å². The minimum absolute atomic E-state index is 0.0663. The van der Waals surface area contributed by atoms with Gasteiger partial charge in [-0.1, -0.05) is 6.92 Å². The van der Waals surface area contributed by atoms with Crippen molar-refractivity contribution < 1.29 is 17.9 Å². The molecule has 0 saturated carbocycles. The van der Waals surface area contributed by atoms with Crippen molar-refractivity contribution in [3.63, 3.8) is 0 Å². The van der Waals surface area contributed by atoms with Crippen molar-refractivity contribution in [2.75, 3.05) is 19.7 Å². The highest BCUT2D eigenvalue weighted by Gasteiger charge is 2.30. The molecule has 6 nitrogen and oxygen atoms in total. The highest BCUT2D eigenvalue weighted by atomic mass is 32.2. The Morgan fingerprint density at radius 3 is 2.60 bits per heavy atom. The van der Waals surface area contributed by atoms with Crippen LogP contribution in [0.1, 0.15) is 23.7 Å². The van der Waals surface area contributed by atoms with Gasteiger partial charge in [0, 0.05) is 18.7 Å². The number of nitrogens with two attached hydrogens (primary N) is 1. The summed E-state index contributed by atoms with van der Waals surface area (Å²) >= 11 is 0. The second-order valence-electron chi connectivity index (χ2n) is 4.65. The van der Waals surface area contributed by atoms with Crippen molar-refractivity contribution in [1.29, 1.82) is 0 Å². The van der Waals surface area contributed by atoms with Gasteiger partial charge in [0.05, 0.1) is 17.6 Å². The summed E-state index contributed by atoms with van der Waals surface area (Å²) < 4.78 is 31.9. The molecule has 1 unspecified atom stereocenters. The van der Waals surface area contributed by atoms with Gasteiger partial charge in [-0.2, -0.15) is 4.31 Å². The minimum Gasteiger partial charge on any atom is -0.375 e. The van der Waals surface area contributed by atoms with E-state index in [-0.39, 0.29) is 16.6 Å². The number of morpholine rings is 1. The maximum Gasteiger partial charge on any atom is 0.248 e. The number of carbonyl (C=O) groups excluding carboxylic acids is 1. The molecule has 1 aliphatic rings. The Bertz CT molecular complexity index is 583. The Kier molecular flexibility index (Phi) is 4.42. The molecule has 110 valence electrons. The lowest BCUT2D eigenvalue weighted by atomic mass is 10.2. The first-order valence-corrected chi connectivity index (χ1v) is 7.90. The van der Waals surface area contributed by atoms with Crippen LogP contribution in [0.3, 0.4) is 0 Å². The van der Waals surface area contributed by atoms with Gasteiger partial charge in [-0.3, -0.25) is 4.79 Å². The van der Waals surface area contributed by atoms with E-state index >= 15 is 0 Å². The van der Waals surface area contributed by atoms with Crippen molar-refractivity contribution in [3.8, 4) is 0 Å². The van der Waals surface area contributed by atoms with E-state index in [0.29, 0.717) is 19.7 Å². The molecule has 0 bridgehead atoms. The van der Waals surface area contributed by atoms with Gasteiger partial charge in [0.25, 0.3) is 0 Å². The second kappa shape index (κ2) is 5.90. The topological polar surface area (TPSA) is 89.7 Å². The van der Waals surface area contributed by atoms with Crippen LogP contribution in [0.15, 0.2) is 29.2 Å². The number of hydrogen-bond donors (Lipinski definition) is 1. The minimum atomic E-state index is -3.55. The molecular weight excluding hydrogens is 280 g/mol. The molecule has 1 aromatic carbocycles. The van der Waals surface area contributed by atoms with E-state index in [1.807, 2.05) is 6.92 Å². The SMILES string of the molecule is CCC1CN(S(=O)(=O)c2ccc(C(N)=O)cc2)CCO1. The highest BCUT2D eigenvalue weighted by molar-refractivity contribution is 7.89. The fraction of sp³-hybridized carbons (Fsp3) is 0.462. The molecule has 1 aliphatic heterocycles. The van der Waals surface area contributed by atoms with Crippen LogP contribution in [0.2, 0.25) is 0 Å². The molecule has 20 heavy (non-hydrogen) atoms. The average molecular weight is 298 g/mol. The number of nitrogens with zero attached hydrogens (tertiary/aromatic N) is 1. The molecule has 1 atom stereocenters. The fourth-order valence-corrected chi connectivity index (χ4v) is 3.55. The smallest absolute Gasteiger partial charge is 0.248 e. The monoisotopic (exact) mass is 298 g/mol. The van der Waals surface area contributed by atoms with Crippen LogP contribution in [-0.2, 0) is 14.8 Å². The molecule has 0 spiro atoms. The fourth-order valence-electron chi connectivity index (χ4n) is 2.10. The quantitative estimate of drug-likeness (QED) is 0.880. The van der Waals surface area contributed by atoms with Gasteiger partial charge in [-0.15, -0.1) is 0 Å². The van der Waals surface area contributed by atoms with Gasteiger partial charge in [-0.25, -0.2) is 8.42 Å². The van der Waals surface area contributed by atoms with Crippen LogP contribution >= 0.6 is 0 Å². The summed E-state index contributed by atoms with van der Waals surface area (Å²) in [5.74, 6) is -0.577. The van der Waals surface area contributed by atoms with Crippen LogP contribution in [0, 0.1) is 0 Å². The first-order chi connectivity index (χ1) is 9.45. The standard InChI is InChI=1S/C13H18N2O4S/c1-2-11-9-15(7-8-19-11)20(17,18)12-5-3-10(4-6-12)13(14)16/h3-6,11H,2,7-9H2,1H3,(H2,14,16). The predicted molar refractivity (Wildman–Crippen MR) is 73.7 cm³/mol. The number of amides is 1. The van der Waals surface area contributed by atoms with Crippen molar-refractivity contribution in [2.24, 2.45) is 5.73 Å². The van der Waals surface area contributed by atoms with E-state index < -0.39 is 15.9 Å². The van der Waals surface area contributed by atoms with Gasteiger partial charge in [0.1, 0.15) is 0 Å². The molecule has 1 aromatic rings. The Hall–Kier alpha value is -1.44. The number of primary amides is 1. The molecule has 1 saturated heterocycles. The molecule has 1 amide bonds. The Labute approximate surface area is 118 Å². The van der Waals surface area contributed by atoms with Crippen molar-refractivity contribution in [3.05, 3.63) is 29.8 Å². The number of hydrogen-bond acceptors (Lipinski definition) is 4.